The number of hydrogen-bond acceptors (Lipinski definition) is 5. The van der Waals surface area contributed by atoms with Crippen molar-refractivity contribution in [3.05, 3.63) is 45.8 Å². The highest BCUT2D eigenvalue weighted by molar-refractivity contribution is 5.91. The predicted octanol–water partition coefficient (Wildman–Crippen LogP) is 3.17. The summed E-state index contributed by atoms with van der Waals surface area (Å²) in [6.45, 7) is 0. The Morgan fingerprint density at radius 2 is 1.88 bits per heavy atom. The van der Waals surface area contributed by atoms with Crippen LogP contribution in [0.3, 0.4) is 0 Å². The molecule has 0 bridgehead atoms. The zero-order valence-corrected chi connectivity index (χ0v) is 13.7. The van der Waals surface area contributed by atoms with Gasteiger partial charge in [0.1, 0.15) is 0 Å². The lowest BCUT2D eigenvalue weighted by molar-refractivity contribution is -0.384. The number of nitrogens with zero attached hydrogens (tertiary/aromatic N) is 4. The van der Waals surface area contributed by atoms with E-state index in [4.69, 9.17) is 0 Å². The minimum atomic E-state index is -0.431. The molecule has 1 aliphatic carbocycles. The van der Waals surface area contributed by atoms with Gasteiger partial charge in [-0.05, 0) is 18.4 Å². The van der Waals surface area contributed by atoms with Crippen molar-refractivity contribution in [2.75, 3.05) is 5.32 Å². The van der Waals surface area contributed by atoms with E-state index >= 15 is 0 Å². The van der Waals surface area contributed by atoms with Crippen molar-refractivity contribution in [2.24, 2.45) is 0 Å². The normalized spacial score (nSPS) is 20.8. The Balaban J connectivity index is 1.67. The van der Waals surface area contributed by atoms with Gasteiger partial charge >= 0.3 is 0 Å². The van der Waals surface area contributed by atoms with Crippen LogP contribution >= 0.6 is 0 Å². The van der Waals surface area contributed by atoms with Crippen LogP contribution in [0.15, 0.2) is 24.3 Å². The van der Waals surface area contributed by atoms with Gasteiger partial charge in [-0.2, -0.15) is 10.1 Å². The number of aromatic nitrogens is 3. The first kappa shape index (κ1) is 15.7. The standard InChI is InChI=1S/C17H19N5O3/c23-15-10-14(11-6-8-13(9-7-11)22(24)25)21-17(18-15)19-16(20-21)12-4-2-1-3-5-12/h6-9,12,14H,1-5,10H2,(H,18,19,20,23). The summed E-state index contributed by atoms with van der Waals surface area (Å²) in [5.74, 6) is 1.50. The highest BCUT2D eigenvalue weighted by atomic mass is 16.6. The van der Waals surface area contributed by atoms with E-state index in [1.807, 2.05) is 0 Å². The van der Waals surface area contributed by atoms with Gasteiger partial charge in [0, 0.05) is 18.1 Å². The molecule has 1 unspecified atom stereocenters. The van der Waals surface area contributed by atoms with E-state index in [-0.39, 0.29) is 24.1 Å². The molecule has 8 nitrogen and oxygen atoms in total. The van der Waals surface area contributed by atoms with Gasteiger partial charge < -0.3 is 0 Å². The van der Waals surface area contributed by atoms with Crippen molar-refractivity contribution in [1.82, 2.24) is 14.8 Å². The highest BCUT2D eigenvalue weighted by Crippen LogP contribution is 2.35. The Hall–Kier alpha value is -2.77. The Bertz CT molecular complexity index is 808. The zero-order valence-electron chi connectivity index (χ0n) is 13.7. The molecule has 130 valence electrons. The number of amides is 1. The summed E-state index contributed by atoms with van der Waals surface area (Å²) in [6.07, 6.45) is 6.04. The molecule has 1 aromatic carbocycles. The summed E-state index contributed by atoms with van der Waals surface area (Å²) >= 11 is 0. The molecule has 2 aromatic rings. The fraction of sp³-hybridized carbons (Fsp3) is 0.471. The van der Waals surface area contributed by atoms with Crippen LogP contribution in [0, 0.1) is 10.1 Å². The van der Waals surface area contributed by atoms with E-state index in [9.17, 15) is 14.9 Å². The van der Waals surface area contributed by atoms with Crippen LogP contribution in [-0.2, 0) is 4.79 Å². The summed E-state index contributed by atoms with van der Waals surface area (Å²) < 4.78 is 1.76. The molecule has 1 N–H and O–H groups in total. The number of carbonyl (C=O) groups is 1. The van der Waals surface area contributed by atoms with Crippen LogP contribution in [0.4, 0.5) is 11.6 Å². The Labute approximate surface area is 144 Å². The van der Waals surface area contributed by atoms with Gasteiger partial charge in [-0.15, -0.1) is 0 Å². The second-order valence-corrected chi connectivity index (χ2v) is 6.69. The number of benzene rings is 1. The van der Waals surface area contributed by atoms with Crippen LogP contribution in [0.2, 0.25) is 0 Å². The van der Waals surface area contributed by atoms with Crippen molar-refractivity contribution in [3.8, 4) is 0 Å². The molecule has 8 heteroatoms. The van der Waals surface area contributed by atoms with Gasteiger partial charge in [-0.1, -0.05) is 31.4 Å². The largest absolute Gasteiger partial charge is 0.295 e. The average Bonchev–Trinajstić information content (AvgIpc) is 3.05. The Kier molecular flexibility index (Phi) is 3.95. The fourth-order valence-corrected chi connectivity index (χ4v) is 3.69. The van der Waals surface area contributed by atoms with E-state index in [0.29, 0.717) is 11.9 Å². The molecule has 1 amide bonds. The van der Waals surface area contributed by atoms with Crippen LogP contribution in [0.25, 0.3) is 0 Å². The maximum Gasteiger partial charge on any atom is 0.269 e. The van der Waals surface area contributed by atoms with Gasteiger partial charge in [-0.25, -0.2) is 4.68 Å². The van der Waals surface area contributed by atoms with E-state index in [0.717, 1.165) is 24.2 Å². The molecule has 1 aliphatic heterocycles. The smallest absolute Gasteiger partial charge is 0.269 e. The highest BCUT2D eigenvalue weighted by Gasteiger charge is 2.31. The predicted molar refractivity (Wildman–Crippen MR) is 90.3 cm³/mol. The molecule has 0 radical (unpaired) electrons. The number of hydrogen-bond donors (Lipinski definition) is 1. The number of rotatable bonds is 3. The van der Waals surface area contributed by atoms with Gasteiger partial charge in [0.25, 0.3) is 5.69 Å². The number of anilines is 1. The minimum absolute atomic E-state index is 0.0331. The second kappa shape index (κ2) is 6.27. The number of nitrogens with one attached hydrogen (secondary N) is 1. The maximum atomic E-state index is 12.1. The first-order chi connectivity index (χ1) is 12.1. The van der Waals surface area contributed by atoms with Crippen LogP contribution in [0.5, 0.6) is 0 Å². The molecule has 2 aliphatic rings. The summed E-state index contributed by atoms with van der Waals surface area (Å²) in [5, 5.41) is 18.3. The molecular formula is C17H19N5O3. The molecule has 4 rings (SSSR count). The van der Waals surface area contributed by atoms with Crippen molar-refractivity contribution in [1.29, 1.82) is 0 Å². The summed E-state index contributed by atoms with van der Waals surface area (Å²) in [7, 11) is 0. The van der Waals surface area contributed by atoms with Gasteiger partial charge in [-0.3, -0.25) is 20.2 Å². The third-order valence-electron chi connectivity index (χ3n) is 5.03. The lowest BCUT2D eigenvalue weighted by Crippen LogP contribution is -2.29. The van der Waals surface area contributed by atoms with E-state index < -0.39 is 4.92 Å². The molecule has 1 saturated carbocycles. The van der Waals surface area contributed by atoms with Crippen molar-refractivity contribution in [3.63, 3.8) is 0 Å². The minimum Gasteiger partial charge on any atom is -0.295 e. The molecular weight excluding hydrogens is 322 g/mol. The Morgan fingerprint density at radius 1 is 1.16 bits per heavy atom. The van der Waals surface area contributed by atoms with Crippen LogP contribution < -0.4 is 5.32 Å². The lowest BCUT2D eigenvalue weighted by Gasteiger charge is -2.23. The molecule has 1 aromatic heterocycles. The number of non-ortho nitro benzene ring substituents is 1. The van der Waals surface area contributed by atoms with Crippen molar-refractivity contribution in [2.45, 2.75) is 50.5 Å². The SMILES string of the molecule is O=C1CC(c2ccc([N+](=O)[O-])cc2)n2nc(C3CCCCC3)nc2N1. The molecule has 0 spiro atoms. The molecule has 1 atom stereocenters. The topological polar surface area (TPSA) is 103 Å². The van der Waals surface area contributed by atoms with E-state index in [1.165, 1.54) is 31.4 Å². The summed E-state index contributed by atoms with van der Waals surface area (Å²) in [6, 6.07) is 6.01. The lowest BCUT2D eigenvalue weighted by atomic mass is 9.89. The van der Waals surface area contributed by atoms with E-state index in [2.05, 4.69) is 15.4 Å². The first-order valence-corrected chi connectivity index (χ1v) is 8.62. The maximum absolute atomic E-state index is 12.1. The van der Waals surface area contributed by atoms with Gasteiger partial charge in [0.15, 0.2) is 5.82 Å². The third-order valence-corrected chi connectivity index (χ3v) is 5.03. The first-order valence-electron chi connectivity index (χ1n) is 8.62. The number of fused-ring (bicyclic) bond motifs is 1. The van der Waals surface area contributed by atoms with Gasteiger partial charge in [0.2, 0.25) is 11.9 Å². The van der Waals surface area contributed by atoms with Crippen LogP contribution in [0.1, 0.15) is 61.9 Å². The Morgan fingerprint density at radius 3 is 2.56 bits per heavy atom. The monoisotopic (exact) mass is 341 g/mol. The van der Waals surface area contributed by atoms with Crippen LogP contribution in [-0.4, -0.2) is 25.6 Å². The second-order valence-electron chi connectivity index (χ2n) is 6.69. The molecule has 2 heterocycles. The van der Waals surface area contributed by atoms with Crippen molar-refractivity contribution >= 4 is 17.5 Å². The summed E-state index contributed by atoms with van der Waals surface area (Å²) in [5.41, 5.74) is 0.854. The van der Waals surface area contributed by atoms with Crippen molar-refractivity contribution < 1.29 is 9.72 Å². The summed E-state index contributed by atoms with van der Waals surface area (Å²) in [4.78, 5) is 27.0. The fourth-order valence-electron chi connectivity index (χ4n) is 3.69. The average molecular weight is 341 g/mol. The van der Waals surface area contributed by atoms with E-state index in [1.54, 1.807) is 16.8 Å². The molecule has 25 heavy (non-hydrogen) atoms. The quantitative estimate of drug-likeness (QED) is 0.682. The molecule has 1 fully saturated rings. The number of nitro benzene ring substituents is 1. The third kappa shape index (κ3) is 2.99. The van der Waals surface area contributed by atoms with Gasteiger partial charge in [0.05, 0.1) is 17.4 Å². The zero-order chi connectivity index (χ0) is 17.4. The molecule has 0 saturated heterocycles. The number of nitro groups is 1. The number of carbonyl (C=O) groups excluding carboxylic acids is 1.